The molecule has 4 nitrogen and oxygen atoms in total. The van der Waals surface area contributed by atoms with Gasteiger partial charge in [-0.1, -0.05) is 0 Å². The molecule has 0 saturated carbocycles. The Morgan fingerprint density at radius 1 is 1.15 bits per heavy atom. The minimum absolute atomic E-state index is 0.191. The molecule has 2 aromatic rings. The van der Waals surface area contributed by atoms with Gasteiger partial charge in [0.15, 0.2) is 0 Å². The number of benzene rings is 2. The lowest BCUT2D eigenvalue weighted by Crippen LogP contribution is -2.18. The third-order valence-electron chi connectivity index (χ3n) is 3.00. The minimum atomic E-state index is -0.292. The van der Waals surface area contributed by atoms with Crippen molar-refractivity contribution < 1.29 is 9.18 Å². The molecule has 0 bridgehead atoms. The molecule has 2 aromatic carbocycles. The minimum Gasteiger partial charge on any atom is -0.397 e. The standard InChI is InChI=1S/C15H16FN3O/c1-9-7-11(16)4-6-13(9)19-14-8-10(15(20)18-2)3-5-12(14)17/h3-8,19H,17H2,1-2H3,(H,18,20). The van der Waals surface area contributed by atoms with Gasteiger partial charge in [-0.05, 0) is 48.9 Å². The molecule has 0 aliphatic rings. The van der Waals surface area contributed by atoms with E-state index in [2.05, 4.69) is 10.6 Å². The van der Waals surface area contributed by atoms with Crippen LogP contribution in [0.1, 0.15) is 15.9 Å². The number of hydrogen-bond acceptors (Lipinski definition) is 3. The number of halogens is 1. The summed E-state index contributed by atoms with van der Waals surface area (Å²) in [5.41, 5.74) is 9.02. The van der Waals surface area contributed by atoms with Crippen LogP contribution in [0.2, 0.25) is 0 Å². The van der Waals surface area contributed by atoms with Crippen molar-refractivity contribution in [3.8, 4) is 0 Å². The lowest BCUT2D eigenvalue weighted by molar-refractivity contribution is 0.0963. The average molecular weight is 273 g/mol. The molecule has 0 unspecified atom stereocenters. The SMILES string of the molecule is CNC(=O)c1ccc(N)c(Nc2ccc(F)cc2C)c1. The fourth-order valence-electron chi connectivity index (χ4n) is 1.86. The van der Waals surface area contributed by atoms with E-state index in [4.69, 9.17) is 5.73 Å². The summed E-state index contributed by atoms with van der Waals surface area (Å²) in [7, 11) is 1.57. The molecule has 0 fully saturated rings. The maximum Gasteiger partial charge on any atom is 0.251 e. The average Bonchev–Trinajstić information content (AvgIpc) is 2.43. The Morgan fingerprint density at radius 2 is 1.90 bits per heavy atom. The van der Waals surface area contributed by atoms with Gasteiger partial charge in [-0.15, -0.1) is 0 Å². The van der Waals surface area contributed by atoms with Crippen molar-refractivity contribution in [2.75, 3.05) is 18.1 Å². The zero-order valence-electron chi connectivity index (χ0n) is 11.3. The van der Waals surface area contributed by atoms with Gasteiger partial charge in [-0.3, -0.25) is 4.79 Å². The zero-order chi connectivity index (χ0) is 14.7. The largest absolute Gasteiger partial charge is 0.397 e. The number of hydrogen-bond donors (Lipinski definition) is 3. The van der Waals surface area contributed by atoms with Crippen LogP contribution in [0, 0.1) is 12.7 Å². The summed E-state index contributed by atoms with van der Waals surface area (Å²) in [6.07, 6.45) is 0. The second-order valence-corrected chi connectivity index (χ2v) is 4.47. The molecule has 0 saturated heterocycles. The molecule has 2 rings (SSSR count). The second-order valence-electron chi connectivity index (χ2n) is 4.47. The molecule has 0 aliphatic carbocycles. The van der Waals surface area contributed by atoms with E-state index in [1.54, 1.807) is 38.2 Å². The van der Waals surface area contributed by atoms with Crippen LogP contribution in [-0.2, 0) is 0 Å². The van der Waals surface area contributed by atoms with E-state index in [0.717, 1.165) is 11.3 Å². The summed E-state index contributed by atoms with van der Waals surface area (Å²) in [6.45, 7) is 1.80. The quantitative estimate of drug-likeness (QED) is 0.753. The normalized spacial score (nSPS) is 10.2. The van der Waals surface area contributed by atoms with Crippen LogP contribution in [0.5, 0.6) is 0 Å². The molecule has 0 aromatic heterocycles. The molecule has 0 radical (unpaired) electrons. The van der Waals surface area contributed by atoms with E-state index in [0.29, 0.717) is 16.9 Å². The van der Waals surface area contributed by atoms with Crippen LogP contribution in [0.3, 0.4) is 0 Å². The number of nitrogens with one attached hydrogen (secondary N) is 2. The maximum atomic E-state index is 13.1. The second kappa shape index (κ2) is 5.61. The Labute approximate surface area is 116 Å². The van der Waals surface area contributed by atoms with Crippen molar-refractivity contribution in [2.24, 2.45) is 0 Å². The molecule has 0 aliphatic heterocycles. The number of nitrogen functional groups attached to an aromatic ring is 1. The van der Waals surface area contributed by atoms with Crippen molar-refractivity contribution in [2.45, 2.75) is 6.92 Å². The molecule has 0 atom stereocenters. The number of aryl methyl sites for hydroxylation is 1. The first-order valence-corrected chi connectivity index (χ1v) is 6.16. The highest BCUT2D eigenvalue weighted by Gasteiger charge is 2.08. The van der Waals surface area contributed by atoms with E-state index < -0.39 is 0 Å². The van der Waals surface area contributed by atoms with Crippen LogP contribution in [0.4, 0.5) is 21.5 Å². The van der Waals surface area contributed by atoms with Gasteiger partial charge in [-0.25, -0.2) is 4.39 Å². The van der Waals surface area contributed by atoms with E-state index >= 15 is 0 Å². The van der Waals surface area contributed by atoms with Gasteiger partial charge < -0.3 is 16.4 Å². The zero-order valence-corrected chi connectivity index (χ0v) is 11.3. The Bertz CT molecular complexity index is 656. The van der Waals surface area contributed by atoms with Gasteiger partial charge in [0.1, 0.15) is 5.82 Å². The monoisotopic (exact) mass is 273 g/mol. The van der Waals surface area contributed by atoms with Crippen LogP contribution in [0.15, 0.2) is 36.4 Å². The predicted octanol–water partition coefficient (Wildman–Crippen LogP) is 2.82. The van der Waals surface area contributed by atoms with E-state index in [-0.39, 0.29) is 11.7 Å². The summed E-state index contributed by atoms with van der Waals surface area (Å²) in [6, 6.07) is 9.41. The third kappa shape index (κ3) is 2.88. The van der Waals surface area contributed by atoms with E-state index in [9.17, 15) is 9.18 Å². The predicted molar refractivity (Wildman–Crippen MR) is 78.7 cm³/mol. The molecular weight excluding hydrogens is 257 g/mol. The molecule has 0 heterocycles. The topological polar surface area (TPSA) is 67.2 Å². The van der Waals surface area contributed by atoms with Crippen LogP contribution < -0.4 is 16.4 Å². The van der Waals surface area contributed by atoms with Crippen molar-refractivity contribution in [3.63, 3.8) is 0 Å². The first-order valence-electron chi connectivity index (χ1n) is 6.16. The molecule has 104 valence electrons. The lowest BCUT2D eigenvalue weighted by atomic mass is 10.1. The third-order valence-corrected chi connectivity index (χ3v) is 3.00. The van der Waals surface area contributed by atoms with E-state index in [1.165, 1.54) is 12.1 Å². The van der Waals surface area contributed by atoms with Gasteiger partial charge in [-0.2, -0.15) is 0 Å². The van der Waals surface area contributed by atoms with Crippen molar-refractivity contribution in [1.29, 1.82) is 0 Å². The summed E-state index contributed by atoms with van der Waals surface area (Å²) >= 11 is 0. The number of anilines is 3. The highest BCUT2D eigenvalue weighted by atomic mass is 19.1. The van der Waals surface area contributed by atoms with Crippen LogP contribution in [0.25, 0.3) is 0 Å². The molecule has 0 spiro atoms. The first-order chi connectivity index (χ1) is 9.51. The Balaban J connectivity index is 2.35. The lowest BCUT2D eigenvalue weighted by Gasteiger charge is -2.13. The van der Waals surface area contributed by atoms with Crippen LogP contribution >= 0.6 is 0 Å². The van der Waals surface area contributed by atoms with Crippen molar-refractivity contribution in [1.82, 2.24) is 5.32 Å². The molecular formula is C15H16FN3O. The molecule has 20 heavy (non-hydrogen) atoms. The van der Waals surface area contributed by atoms with Crippen molar-refractivity contribution in [3.05, 3.63) is 53.3 Å². The van der Waals surface area contributed by atoms with Gasteiger partial charge in [0.25, 0.3) is 5.91 Å². The fraction of sp³-hybridized carbons (Fsp3) is 0.133. The maximum absolute atomic E-state index is 13.1. The Kier molecular flexibility index (Phi) is 3.89. The van der Waals surface area contributed by atoms with Crippen molar-refractivity contribution >= 4 is 23.0 Å². The molecule has 1 amide bonds. The molecule has 5 heteroatoms. The summed E-state index contributed by atoms with van der Waals surface area (Å²) < 4.78 is 13.1. The van der Waals surface area contributed by atoms with E-state index in [1.807, 2.05) is 0 Å². The first kappa shape index (κ1) is 13.9. The summed E-state index contributed by atoms with van der Waals surface area (Å²) in [5, 5.41) is 5.67. The van der Waals surface area contributed by atoms with Gasteiger partial charge in [0, 0.05) is 18.3 Å². The van der Waals surface area contributed by atoms with Crippen LogP contribution in [-0.4, -0.2) is 13.0 Å². The Morgan fingerprint density at radius 3 is 2.55 bits per heavy atom. The number of nitrogens with two attached hydrogens (primary N) is 1. The smallest absolute Gasteiger partial charge is 0.251 e. The highest BCUT2D eigenvalue weighted by Crippen LogP contribution is 2.26. The van der Waals surface area contributed by atoms with Gasteiger partial charge in [0.2, 0.25) is 0 Å². The summed E-state index contributed by atoms with van der Waals surface area (Å²) in [5.74, 6) is -0.482. The fourth-order valence-corrected chi connectivity index (χ4v) is 1.86. The number of rotatable bonds is 3. The Hall–Kier alpha value is -2.56. The number of carbonyl (C=O) groups is 1. The van der Waals surface area contributed by atoms with Gasteiger partial charge in [0.05, 0.1) is 11.4 Å². The molecule has 4 N–H and O–H groups in total. The highest BCUT2D eigenvalue weighted by molar-refractivity contribution is 5.96. The number of carbonyl (C=O) groups excluding carboxylic acids is 1. The van der Waals surface area contributed by atoms with Gasteiger partial charge >= 0.3 is 0 Å². The summed E-state index contributed by atoms with van der Waals surface area (Å²) in [4.78, 5) is 11.6. The number of amides is 1.